The van der Waals surface area contributed by atoms with Crippen molar-refractivity contribution in [2.45, 2.75) is 25.6 Å². The predicted octanol–water partition coefficient (Wildman–Crippen LogP) is 1.12. The zero-order valence-corrected chi connectivity index (χ0v) is 15.2. The molecule has 10 nitrogen and oxygen atoms in total. The maximum Gasteiger partial charge on any atom is 0.451 e. The highest BCUT2D eigenvalue weighted by atomic mass is 19.4. The summed E-state index contributed by atoms with van der Waals surface area (Å²) in [6.45, 7) is 2.81. The Balaban J connectivity index is 1.44. The fraction of sp³-hybridized carbons (Fsp3) is 0.375. The van der Waals surface area contributed by atoms with Gasteiger partial charge in [-0.05, 0) is 25.5 Å². The van der Waals surface area contributed by atoms with E-state index in [4.69, 9.17) is 0 Å². The SMILES string of the molecule is Cc1nc(C(=O)NC2CCN(c3ccccn3)C2)nn1-c1n[nH]c(C(F)(F)F)n1. The van der Waals surface area contributed by atoms with Gasteiger partial charge in [0.05, 0.1) is 0 Å². The zero-order chi connectivity index (χ0) is 20.6. The quantitative estimate of drug-likeness (QED) is 0.665. The molecule has 1 aliphatic heterocycles. The van der Waals surface area contributed by atoms with Crippen molar-refractivity contribution in [2.75, 3.05) is 18.0 Å². The first kappa shape index (κ1) is 18.8. The molecule has 0 saturated carbocycles. The standard InChI is InChI=1S/C16H16F3N9O/c1-9-21-12(26-28(9)15-23-14(24-25-15)16(17,18)19)13(29)22-10-5-7-27(8-10)11-4-2-3-6-20-11/h2-4,6,10H,5,7-8H2,1H3,(H,22,29)(H,23,24,25). The van der Waals surface area contributed by atoms with Crippen molar-refractivity contribution in [3.8, 4) is 5.95 Å². The van der Waals surface area contributed by atoms with Gasteiger partial charge < -0.3 is 10.2 Å². The highest BCUT2D eigenvalue weighted by Gasteiger charge is 2.36. The van der Waals surface area contributed by atoms with Crippen LogP contribution in [0.4, 0.5) is 19.0 Å². The normalized spacial score (nSPS) is 17.0. The van der Waals surface area contributed by atoms with Gasteiger partial charge in [0.15, 0.2) is 0 Å². The van der Waals surface area contributed by atoms with Gasteiger partial charge in [-0.25, -0.2) is 9.97 Å². The number of halogens is 3. The second kappa shape index (κ2) is 7.14. The van der Waals surface area contributed by atoms with E-state index in [2.05, 4.69) is 35.4 Å². The summed E-state index contributed by atoms with van der Waals surface area (Å²) in [5.41, 5.74) is 0. The van der Waals surface area contributed by atoms with Crippen molar-refractivity contribution in [1.82, 2.24) is 40.2 Å². The number of nitrogens with zero attached hydrogens (tertiary/aromatic N) is 7. The molecule has 0 spiro atoms. The molecule has 152 valence electrons. The van der Waals surface area contributed by atoms with Gasteiger partial charge in [0.2, 0.25) is 11.6 Å². The number of amides is 1. The third-order valence-electron chi connectivity index (χ3n) is 4.40. The fourth-order valence-electron chi connectivity index (χ4n) is 3.03. The number of carbonyl (C=O) groups excluding carboxylic acids is 1. The van der Waals surface area contributed by atoms with Gasteiger partial charge in [-0.2, -0.15) is 22.8 Å². The van der Waals surface area contributed by atoms with Crippen LogP contribution in [0.15, 0.2) is 24.4 Å². The minimum absolute atomic E-state index is 0.128. The summed E-state index contributed by atoms with van der Waals surface area (Å²) in [5, 5.41) is 12.1. The molecule has 1 atom stereocenters. The van der Waals surface area contributed by atoms with E-state index in [9.17, 15) is 18.0 Å². The third kappa shape index (κ3) is 3.88. The number of anilines is 1. The zero-order valence-electron chi connectivity index (χ0n) is 15.2. The van der Waals surface area contributed by atoms with E-state index in [1.54, 1.807) is 11.3 Å². The molecule has 1 amide bonds. The average molecular weight is 407 g/mol. The lowest BCUT2D eigenvalue weighted by atomic mass is 10.2. The highest BCUT2D eigenvalue weighted by Crippen LogP contribution is 2.26. The molecule has 13 heteroatoms. The molecule has 0 aliphatic carbocycles. The first-order chi connectivity index (χ1) is 13.8. The van der Waals surface area contributed by atoms with Crippen LogP contribution >= 0.6 is 0 Å². The number of nitrogens with one attached hydrogen (secondary N) is 2. The topological polar surface area (TPSA) is 118 Å². The Morgan fingerprint density at radius 3 is 2.83 bits per heavy atom. The van der Waals surface area contributed by atoms with Crippen LogP contribution in [0.25, 0.3) is 5.95 Å². The summed E-state index contributed by atoms with van der Waals surface area (Å²) in [6, 6.07) is 5.48. The van der Waals surface area contributed by atoms with Crippen LogP contribution in [0.1, 0.15) is 28.7 Å². The number of aromatic nitrogens is 7. The van der Waals surface area contributed by atoms with Crippen molar-refractivity contribution in [2.24, 2.45) is 0 Å². The number of rotatable bonds is 4. The summed E-state index contributed by atoms with van der Waals surface area (Å²) in [7, 11) is 0. The maximum absolute atomic E-state index is 12.7. The molecule has 2 N–H and O–H groups in total. The minimum Gasteiger partial charge on any atom is -0.354 e. The molecule has 29 heavy (non-hydrogen) atoms. The summed E-state index contributed by atoms with van der Waals surface area (Å²) >= 11 is 0. The monoisotopic (exact) mass is 407 g/mol. The summed E-state index contributed by atoms with van der Waals surface area (Å²) in [5.74, 6) is -1.28. The van der Waals surface area contributed by atoms with Gasteiger partial charge in [-0.3, -0.25) is 9.89 Å². The summed E-state index contributed by atoms with van der Waals surface area (Å²) in [4.78, 5) is 26.2. The highest BCUT2D eigenvalue weighted by molar-refractivity contribution is 5.90. The van der Waals surface area contributed by atoms with Gasteiger partial charge >= 0.3 is 6.18 Å². The number of aromatic amines is 1. The van der Waals surface area contributed by atoms with Crippen LogP contribution in [0.5, 0.6) is 0 Å². The van der Waals surface area contributed by atoms with Gasteiger partial charge in [-0.1, -0.05) is 6.07 Å². The lowest BCUT2D eigenvalue weighted by molar-refractivity contribution is -0.144. The first-order valence-electron chi connectivity index (χ1n) is 8.72. The van der Waals surface area contributed by atoms with Crippen LogP contribution in [-0.4, -0.2) is 60.0 Å². The molecular weight excluding hydrogens is 391 g/mol. The third-order valence-corrected chi connectivity index (χ3v) is 4.40. The molecule has 1 aliphatic rings. The van der Waals surface area contributed by atoms with E-state index < -0.39 is 17.9 Å². The van der Waals surface area contributed by atoms with Crippen LogP contribution in [0.2, 0.25) is 0 Å². The summed E-state index contributed by atoms with van der Waals surface area (Å²) < 4.78 is 39.0. The van der Waals surface area contributed by atoms with Crippen LogP contribution < -0.4 is 10.2 Å². The van der Waals surface area contributed by atoms with Crippen molar-refractivity contribution in [3.63, 3.8) is 0 Å². The van der Waals surface area contributed by atoms with Crippen LogP contribution in [0, 0.1) is 6.92 Å². The van der Waals surface area contributed by atoms with E-state index in [0.717, 1.165) is 23.5 Å². The number of hydrogen-bond acceptors (Lipinski definition) is 7. The van der Waals surface area contributed by atoms with Gasteiger partial charge in [0.25, 0.3) is 11.9 Å². The van der Waals surface area contributed by atoms with Crippen molar-refractivity contribution in [3.05, 3.63) is 41.9 Å². The van der Waals surface area contributed by atoms with Gasteiger partial charge in [0, 0.05) is 25.3 Å². The van der Waals surface area contributed by atoms with Crippen LogP contribution in [0.3, 0.4) is 0 Å². The average Bonchev–Trinajstić information content (AvgIpc) is 3.41. The number of pyridine rings is 1. The van der Waals surface area contributed by atoms with E-state index in [-0.39, 0.29) is 23.6 Å². The van der Waals surface area contributed by atoms with E-state index in [0.29, 0.717) is 6.54 Å². The lowest BCUT2D eigenvalue weighted by Crippen LogP contribution is -2.37. The Morgan fingerprint density at radius 2 is 2.14 bits per heavy atom. The van der Waals surface area contributed by atoms with Crippen LogP contribution in [-0.2, 0) is 6.18 Å². The number of H-pyrrole nitrogens is 1. The Hall–Kier alpha value is -3.51. The number of aryl methyl sites for hydroxylation is 1. The van der Waals surface area contributed by atoms with Crippen molar-refractivity contribution >= 4 is 11.7 Å². The Kier molecular flexibility index (Phi) is 4.64. The maximum atomic E-state index is 12.7. The minimum atomic E-state index is -4.66. The largest absolute Gasteiger partial charge is 0.451 e. The van der Waals surface area contributed by atoms with Crippen molar-refractivity contribution < 1.29 is 18.0 Å². The Morgan fingerprint density at radius 1 is 1.31 bits per heavy atom. The second-order valence-corrected chi connectivity index (χ2v) is 6.47. The van der Waals surface area contributed by atoms with E-state index in [1.807, 2.05) is 18.2 Å². The number of hydrogen-bond donors (Lipinski definition) is 2. The number of alkyl halides is 3. The van der Waals surface area contributed by atoms with Crippen molar-refractivity contribution in [1.29, 1.82) is 0 Å². The smallest absolute Gasteiger partial charge is 0.354 e. The van der Waals surface area contributed by atoms with E-state index >= 15 is 0 Å². The Bertz CT molecular complexity index is 1010. The molecule has 0 radical (unpaired) electrons. The lowest BCUT2D eigenvalue weighted by Gasteiger charge is -2.17. The molecule has 3 aromatic heterocycles. The summed E-state index contributed by atoms with van der Waals surface area (Å²) in [6.07, 6.45) is -2.24. The number of carbonyl (C=O) groups is 1. The first-order valence-corrected chi connectivity index (χ1v) is 8.72. The molecule has 1 unspecified atom stereocenters. The molecule has 0 aromatic carbocycles. The van der Waals surface area contributed by atoms with Gasteiger partial charge in [-0.15, -0.1) is 10.2 Å². The Labute approximate surface area is 162 Å². The molecular formula is C16H16F3N9O. The molecule has 1 fully saturated rings. The molecule has 3 aromatic rings. The second-order valence-electron chi connectivity index (χ2n) is 6.47. The molecule has 1 saturated heterocycles. The molecule has 0 bridgehead atoms. The van der Waals surface area contributed by atoms with E-state index in [1.165, 1.54) is 6.92 Å². The fourth-order valence-corrected chi connectivity index (χ4v) is 3.03. The molecule has 4 rings (SSSR count). The predicted molar refractivity (Wildman–Crippen MR) is 93.4 cm³/mol. The molecule has 4 heterocycles. The van der Waals surface area contributed by atoms with Gasteiger partial charge in [0.1, 0.15) is 11.6 Å².